The summed E-state index contributed by atoms with van der Waals surface area (Å²) >= 11 is 4.51. The van der Waals surface area contributed by atoms with E-state index in [-0.39, 0.29) is 11.9 Å². The van der Waals surface area contributed by atoms with Crippen molar-refractivity contribution in [3.05, 3.63) is 0 Å². The van der Waals surface area contributed by atoms with E-state index >= 15 is 0 Å². The zero-order valence-electron chi connectivity index (χ0n) is 14.9. The quantitative estimate of drug-likeness (QED) is 0.673. The largest absolute Gasteiger partial charge is 0.335 e. The Hall–Kier alpha value is -0.800. The highest BCUT2D eigenvalue weighted by molar-refractivity contribution is 8.03. The van der Waals surface area contributed by atoms with Crippen LogP contribution in [0.15, 0.2) is 8.68 Å². The molecule has 25 heavy (non-hydrogen) atoms. The summed E-state index contributed by atoms with van der Waals surface area (Å²) in [6.45, 7) is 6.10. The number of hydrogen-bond acceptors (Lipinski definition) is 7. The first-order chi connectivity index (χ1) is 11.9. The molecule has 1 saturated carbocycles. The van der Waals surface area contributed by atoms with Crippen LogP contribution in [0.2, 0.25) is 0 Å². The van der Waals surface area contributed by atoms with Gasteiger partial charge in [-0.25, -0.2) is 4.79 Å². The molecular weight excluding hydrogens is 376 g/mol. The molecule has 1 aromatic rings. The second-order valence-corrected chi connectivity index (χ2v) is 10.4. The van der Waals surface area contributed by atoms with Crippen molar-refractivity contribution in [2.75, 3.05) is 5.75 Å². The van der Waals surface area contributed by atoms with E-state index in [1.807, 2.05) is 0 Å². The lowest BCUT2D eigenvalue weighted by atomic mass is 9.96. The van der Waals surface area contributed by atoms with Crippen LogP contribution < -0.4 is 10.6 Å². The zero-order valence-corrected chi connectivity index (χ0v) is 17.4. The Balaban J connectivity index is 1.74. The summed E-state index contributed by atoms with van der Waals surface area (Å²) in [6, 6.07) is -0.206. The molecule has 2 N–H and O–H groups in total. The van der Waals surface area contributed by atoms with Crippen LogP contribution in [0.1, 0.15) is 52.9 Å². The second-order valence-electron chi connectivity index (χ2n) is 6.60. The van der Waals surface area contributed by atoms with Crippen molar-refractivity contribution in [1.82, 2.24) is 20.8 Å². The van der Waals surface area contributed by atoms with E-state index in [2.05, 4.69) is 34.7 Å². The van der Waals surface area contributed by atoms with Crippen LogP contribution in [0.4, 0.5) is 4.79 Å². The molecule has 0 bridgehead atoms. The Bertz CT molecular complexity index is 573. The number of rotatable bonds is 7. The number of aromatic nitrogens is 2. The average Bonchev–Trinajstić information content (AvgIpc) is 3.01. The molecule has 9 heteroatoms. The highest BCUT2D eigenvalue weighted by Gasteiger charge is 2.21. The molecule has 1 aliphatic carbocycles. The topological polar surface area (TPSA) is 84.0 Å². The van der Waals surface area contributed by atoms with E-state index in [0.29, 0.717) is 5.92 Å². The summed E-state index contributed by atoms with van der Waals surface area (Å²) in [5.74, 6) is 1.29. The van der Waals surface area contributed by atoms with Crippen LogP contribution in [0.3, 0.4) is 0 Å². The van der Waals surface area contributed by atoms with Gasteiger partial charge in [0.1, 0.15) is 0 Å². The first kappa shape index (κ1) is 20.5. The van der Waals surface area contributed by atoms with Crippen molar-refractivity contribution in [3.63, 3.8) is 0 Å². The standard InChI is InChI=1S/C16H26N4O2S3/c1-10(2)9-23-15-19-20-16(25-15)24-11(3)13(21)18-14(22)17-12-7-5-4-6-8-12/h10-12H,4-9H2,1-3H3,(H2,17,18,21,22)/t11-/m0/s1. The summed E-state index contributed by atoms with van der Waals surface area (Å²) in [7, 11) is 0. The van der Waals surface area contributed by atoms with E-state index in [1.165, 1.54) is 29.5 Å². The van der Waals surface area contributed by atoms with Crippen LogP contribution in [-0.4, -0.2) is 39.2 Å². The molecular formula is C16H26N4O2S3. The lowest BCUT2D eigenvalue weighted by molar-refractivity contribution is -0.119. The summed E-state index contributed by atoms with van der Waals surface area (Å²) in [6.07, 6.45) is 5.49. The molecule has 0 aromatic carbocycles. The van der Waals surface area contributed by atoms with Crippen molar-refractivity contribution < 1.29 is 9.59 Å². The van der Waals surface area contributed by atoms with Crippen molar-refractivity contribution in [1.29, 1.82) is 0 Å². The number of carbonyl (C=O) groups excluding carboxylic acids is 2. The molecule has 0 spiro atoms. The Kier molecular flexibility index (Phi) is 8.51. The van der Waals surface area contributed by atoms with E-state index in [4.69, 9.17) is 0 Å². The summed E-state index contributed by atoms with van der Waals surface area (Å²) in [4.78, 5) is 24.1. The predicted octanol–water partition coefficient (Wildman–Crippen LogP) is 3.93. The van der Waals surface area contributed by atoms with E-state index in [9.17, 15) is 9.59 Å². The zero-order chi connectivity index (χ0) is 18.2. The minimum absolute atomic E-state index is 0.188. The van der Waals surface area contributed by atoms with E-state index in [0.717, 1.165) is 40.1 Å². The third-order valence-electron chi connectivity index (χ3n) is 3.75. The van der Waals surface area contributed by atoms with Gasteiger partial charge in [0.15, 0.2) is 8.68 Å². The van der Waals surface area contributed by atoms with Crippen molar-refractivity contribution in [2.45, 2.75) is 72.8 Å². The molecule has 1 aromatic heterocycles. The fourth-order valence-corrected chi connectivity index (χ4v) is 5.57. The molecule has 1 aliphatic rings. The fraction of sp³-hybridized carbons (Fsp3) is 0.750. The van der Waals surface area contributed by atoms with Gasteiger partial charge < -0.3 is 5.32 Å². The monoisotopic (exact) mass is 402 g/mol. The van der Waals surface area contributed by atoms with Gasteiger partial charge in [-0.15, -0.1) is 10.2 Å². The molecule has 1 heterocycles. The number of amides is 3. The maximum atomic E-state index is 12.2. The Morgan fingerprint density at radius 2 is 1.84 bits per heavy atom. The number of nitrogens with zero attached hydrogens (tertiary/aromatic N) is 2. The van der Waals surface area contributed by atoms with Gasteiger partial charge in [0.05, 0.1) is 5.25 Å². The summed E-state index contributed by atoms with van der Waals surface area (Å²) in [5.41, 5.74) is 0. The number of carbonyl (C=O) groups is 2. The van der Waals surface area contributed by atoms with Crippen LogP contribution in [0.5, 0.6) is 0 Å². The van der Waals surface area contributed by atoms with Crippen LogP contribution in [0, 0.1) is 5.92 Å². The smallest absolute Gasteiger partial charge is 0.321 e. The van der Waals surface area contributed by atoms with Crippen LogP contribution in [0.25, 0.3) is 0 Å². The van der Waals surface area contributed by atoms with Crippen molar-refractivity contribution in [2.24, 2.45) is 5.92 Å². The van der Waals surface area contributed by atoms with E-state index in [1.54, 1.807) is 18.7 Å². The molecule has 6 nitrogen and oxygen atoms in total. The first-order valence-electron chi connectivity index (χ1n) is 8.68. The third-order valence-corrected chi connectivity index (χ3v) is 7.42. The predicted molar refractivity (Wildman–Crippen MR) is 104 cm³/mol. The van der Waals surface area contributed by atoms with Gasteiger partial charge >= 0.3 is 6.03 Å². The van der Waals surface area contributed by atoms with Crippen molar-refractivity contribution in [3.8, 4) is 0 Å². The van der Waals surface area contributed by atoms with Gasteiger partial charge in [0.2, 0.25) is 5.91 Å². The molecule has 1 atom stereocenters. The van der Waals surface area contributed by atoms with Crippen LogP contribution in [-0.2, 0) is 4.79 Å². The number of thioether (sulfide) groups is 2. The highest BCUT2D eigenvalue weighted by Crippen LogP contribution is 2.31. The van der Waals surface area contributed by atoms with Gasteiger partial charge in [-0.2, -0.15) is 0 Å². The molecule has 1 fully saturated rings. The highest BCUT2D eigenvalue weighted by atomic mass is 32.2. The Labute approximate surface area is 161 Å². The second kappa shape index (κ2) is 10.4. The number of nitrogens with one attached hydrogen (secondary N) is 2. The lowest BCUT2D eigenvalue weighted by Gasteiger charge is -2.22. The number of imide groups is 1. The van der Waals surface area contributed by atoms with Gasteiger partial charge in [-0.05, 0) is 25.7 Å². The Morgan fingerprint density at radius 3 is 2.52 bits per heavy atom. The average molecular weight is 403 g/mol. The SMILES string of the molecule is CC(C)CSc1nnc(S[C@@H](C)C(=O)NC(=O)NC2CCCCC2)s1. The van der Waals surface area contributed by atoms with Crippen molar-refractivity contribution >= 4 is 46.8 Å². The third kappa shape index (κ3) is 7.53. The minimum atomic E-state index is -0.395. The Morgan fingerprint density at radius 1 is 1.16 bits per heavy atom. The maximum Gasteiger partial charge on any atom is 0.321 e. The minimum Gasteiger partial charge on any atom is -0.335 e. The molecule has 0 saturated heterocycles. The fourth-order valence-electron chi connectivity index (χ4n) is 2.43. The summed E-state index contributed by atoms with van der Waals surface area (Å²) < 4.78 is 1.67. The normalized spacial score (nSPS) is 16.6. The van der Waals surface area contributed by atoms with Gasteiger partial charge in [-0.1, -0.05) is 68.0 Å². The molecule has 0 aliphatic heterocycles. The molecule has 0 unspecified atom stereocenters. The first-order valence-corrected chi connectivity index (χ1v) is 11.4. The molecule has 0 radical (unpaired) electrons. The van der Waals surface area contributed by atoms with Crippen LogP contribution >= 0.6 is 34.9 Å². The molecule has 140 valence electrons. The van der Waals surface area contributed by atoms with E-state index < -0.39 is 11.3 Å². The molecule has 2 rings (SSSR count). The number of hydrogen-bond donors (Lipinski definition) is 2. The van der Waals surface area contributed by atoms with Gasteiger partial charge in [0, 0.05) is 11.8 Å². The van der Waals surface area contributed by atoms with Gasteiger partial charge in [-0.3, -0.25) is 10.1 Å². The number of urea groups is 1. The molecule has 3 amide bonds. The van der Waals surface area contributed by atoms with Gasteiger partial charge in [0.25, 0.3) is 0 Å². The lowest BCUT2D eigenvalue weighted by Crippen LogP contribution is -2.47. The maximum absolute atomic E-state index is 12.2. The summed E-state index contributed by atoms with van der Waals surface area (Å²) in [5, 5.41) is 13.2.